The number of hydrogen-bond donors (Lipinski definition) is 1. The number of carbonyl (C=O) groups is 1. The summed E-state index contributed by atoms with van der Waals surface area (Å²) in [6, 6.07) is 17.1. The van der Waals surface area contributed by atoms with Gasteiger partial charge in [0.25, 0.3) is 0 Å². The largest absolute Gasteiger partial charge is 0.477 e. The molecule has 5 heteroatoms. The summed E-state index contributed by atoms with van der Waals surface area (Å²) in [5, 5.41) is 22.8. The highest BCUT2D eigenvalue weighted by atomic mass is 16.4. The van der Waals surface area contributed by atoms with Crippen molar-refractivity contribution in [2.75, 3.05) is 0 Å². The minimum Gasteiger partial charge on any atom is -0.477 e. The SMILES string of the molecule is Cc1ccc(-c2ccc(-c3cc(C(=O)O)n(C)n3)cc2C#N)cc1. The average molecular weight is 317 g/mol. The van der Waals surface area contributed by atoms with Crippen LogP contribution in [0.4, 0.5) is 0 Å². The fourth-order valence-corrected chi connectivity index (χ4v) is 2.59. The summed E-state index contributed by atoms with van der Waals surface area (Å²) in [4.78, 5) is 11.1. The average Bonchev–Trinajstić information content (AvgIpc) is 2.97. The van der Waals surface area contributed by atoms with E-state index >= 15 is 0 Å². The number of carboxylic acid groups (broad SMARTS) is 1. The highest BCUT2D eigenvalue weighted by molar-refractivity contribution is 5.87. The topological polar surface area (TPSA) is 78.9 Å². The van der Waals surface area contributed by atoms with E-state index in [1.54, 1.807) is 13.1 Å². The smallest absolute Gasteiger partial charge is 0.354 e. The fraction of sp³-hybridized carbons (Fsp3) is 0.105. The van der Waals surface area contributed by atoms with Crippen LogP contribution in [-0.4, -0.2) is 20.9 Å². The van der Waals surface area contributed by atoms with E-state index in [4.69, 9.17) is 5.11 Å². The maximum Gasteiger partial charge on any atom is 0.354 e. The van der Waals surface area contributed by atoms with Crippen LogP contribution in [0.15, 0.2) is 48.5 Å². The van der Waals surface area contributed by atoms with Crippen LogP contribution in [0.2, 0.25) is 0 Å². The van der Waals surface area contributed by atoms with Gasteiger partial charge in [0.1, 0.15) is 5.69 Å². The molecular weight excluding hydrogens is 302 g/mol. The Morgan fingerprint density at radius 1 is 1.12 bits per heavy atom. The van der Waals surface area contributed by atoms with Crippen molar-refractivity contribution in [3.63, 3.8) is 0 Å². The van der Waals surface area contributed by atoms with Crippen molar-refractivity contribution >= 4 is 5.97 Å². The molecule has 0 aliphatic carbocycles. The van der Waals surface area contributed by atoms with Crippen LogP contribution in [0, 0.1) is 18.3 Å². The predicted octanol–water partition coefficient (Wildman–Crippen LogP) is 3.63. The second-order valence-electron chi connectivity index (χ2n) is 5.58. The maximum absolute atomic E-state index is 11.1. The number of nitrogens with zero attached hydrogens (tertiary/aromatic N) is 3. The first-order valence-corrected chi connectivity index (χ1v) is 7.38. The molecule has 0 saturated carbocycles. The van der Waals surface area contributed by atoms with E-state index in [1.165, 1.54) is 10.7 Å². The Morgan fingerprint density at radius 3 is 2.38 bits per heavy atom. The van der Waals surface area contributed by atoms with Crippen molar-refractivity contribution < 1.29 is 9.90 Å². The number of aromatic nitrogens is 2. The van der Waals surface area contributed by atoms with Crippen molar-refractivity contribution in [2.24, 2.45) is 7.05 Å². The van der Waals surface area contributed by atoms with Gasteiger partial charge < -0.3 is 5.11 Å². The monoisotopic (exact) mass is 317 g/mol. The summed E-state index contributed by atoms with van der Waals surface area (Å²) in [5.41, 5.74) is 4.84. The van der Waals surface area contributed by atoms with Gasteiger partial charge in [-0.15, -0.1) is 0 Å². The second kappa shape index (κ2) is 6.01. The van der Waals surface area contributed by atoms with Gasteiger partial charge in [-0.3, -0.25) is 4.68 Å². The number of nitriles is 1. The van der Waals surface area contributed by atoms with Gasteiger partial charge in [0.2, 0.25) is 0 Å². The van der Waals surface area contributed by atoms with E-state index < -0.39 is 5.97 Å². The first-order chi connectivity index (χ1) is 11.5. The molecule has 0 fully saturated rings. The predicted molar refractivity (Wildman–Crippen MR) is 90.5 cm³/mol. The molecule has 0 spiro atoms. The molecule has 3 aromatic rings. The number of rotatable bonds is 3. The Balaban J connectivity index is 2.07. The summed E-state index contributed by atoms with van der Waals surface area (Å²) in [7, 11) is 1.58. The van der Waals surface area contributed by atoms with E-state index in [0.717, 1.165) is 16.7 Å². The zero-order valence-corrected chi connectivity index (χ0v) is 13.3. The van der Waals surface area contributed by atoms with Crippen LogP contribution in [0.25, 0.3) is 22.4 Å². The van der Waals surface area contributed by atoms with E-state index in [0.29, 0.717) is 16.8 Å². The standard InChI is InChI=1S/C19H15N3O2/c1-12-3-5-13(6-4-12)16-8-7-14(9-15(16)11-20)17-10-18(19(23)24)22(2)21-17/h3-10H,1-2H3,(H,23,24). The first kappa shape index (κ1) is 15.5. The van der Waals surface area contributed by atoms with Crippen molar-refractivity contribution in [3.8, 4) is 28.5 Å². The molecule has 1 N–H and O–H groups in total. The lowest BCUT2D eigenvalue weighted by molar-refractivity contribution is 0.0685. The quantitative estimate of drug-likeness (QED) is 0.800. The van der Waals surface area contributed by atoms with Crippen molar-refractivity contribution in [1.82, 2.24) is 9.78 Å². The van der Waals surface area contributed by atoms with Gasteiger partial charge in [0.05, 0.1) is 17.3 Å². The molecule has 0 radical (unpaired) electrons. The molecule has 3 rings (SSSR count). The lowest BCUT2D eigenvalue weighted by Crippen LogP contribution is -2.04. The highest BCUT2D eigenvalue weighted by Gasteiger charge is 2.14. The molecule has 5 nitrogen and oxygen atoms in total. The Hall–Kier alpha value is -3.39. The third-order valence-corrected chi connectivity index (χ3v) is 3.90. The lowest BCUT2D eigenvalue weighted by Gasteiger charge is -2.07. The van der Waals surface area contributed by atoms with Crippen LogP contribution in [-0.2, 0) is 7.05 Å². The van der Waals surface area contributed by atoms with Crippen LogP contribution in [0.1, 0.15) is 21.6 Å². The van der Waals surface area contributed by atoms with Gasteiger partial charge in [0, 0.05) is 12.6 Å². The zero-order valence-electron chi connectivity index (χ0n) is 13.3. The minimum absolute atomic E-state index is 0.103. The summed E-state index contributed by atoms with van der Waals surface area (Å²) in [6.07, 6.45) is 0. The minimum atomic E-state index is -1.03. The van der Waals surface area contributed by atoms with Gasteiger partial charge in [-0.1, -0.05) is 42.0 Å². The summed E-state index contributed by atoms with van der Waals surface area (Å²) in [5.74, 6) is -1.03. The van der Waals surface area contributed by atoms with Crippen LogP contribution in [0.5, 0.6) is 0 Å². The summed E-state index contributed by atoms with van der Waals surface area (Å²) < 4.78 is 1.32. The van der Waals surface area contributed by atoms with Crippen molar-refractivity contribution in [1.29, 1.82) is 5.26 Å². The van der Waals surface area contributed by atoms with Crippen molar-refractivity contribution in [2.45, 2.75) is 6.92 Å². The maximum atomic E-state index is 11.1. The van der Waals surface area contributed by atoms with Gasteiger partial charge in [-0.05, 0) is 30.2 Å². The zero-order chi connectivity index (χ0) is 17.3. The number of carboxylic acids is 1. The number of aryl methyl sites for hydroxylation is 2. The molecule has 0 bridgehead atoms. The van der Waals surface area contributed by atoms with E-state index in [-0.39, 0.29) is 5.69 Å². The molecule has 2 aromatic carbocycles. The van der Waals surface area contributed by atoms with Gasteiger partial charge in [-0.25, -0.2) is 4.79 Å². The van der Waals surface area contributed by atoms with Crippen LogP contribution >= 0.6 is 0 Å². The first-order valence-electron chi connectivity index (χ1n) is 7.38. The molecule has 24 heavy (non-hydrogen) atoms. The fourth-order valence-electron chi connectivity index (χ4n) is 2.59. The van der Waals surface area contributed by atoms with Gasteiger partial charge in [0.15, 0.2) is 0 Å². The van der Waals surface area contributed by atoms with E-state index in [9.17, 15) is 10.1 Å². The molecule has 0 atom stereocenters. The normalized spacial score (nSPS) is 10.4. The molecule has 0 amide bonds. The Bertz CT molecular complexity index is 963. The second-order valence-corrected chi connectivity index (χ2v) is 5.58. The van der Waals surface area contributed by atoms with Gasteiger partial charge in [-0.2, -0.15) is 10.4 Å². The number of hydrogen-bond acceptors (Lipinski definition) is 3. The number of aromatic carboxylic acids is 1. The summed E-state index contributed by atoms with van der Waals surface area (Å²) in [6.45, 7) is 2.01. The third-order valence-electron chi connectivity index (χ3n) is 3.90. The Kier molecular flexibility index (Phi) is 3.88. The highest BCUT2D eigenvalue weighted by Crippen LogP contribution is 2.28. The molecule has 0 aliphatic heterocycles. The summed E-state index contributed by atoms with van der Waals surface area (Å²) >= 11 is 0. The van der Waals surface area contributed by atoms with E-state index in [2.05, 4.69) is 11.2 Å². The van der Waals surface area contributed by atoms with Crippen LogP contribution < -0.4 is 0 Å². The van der Waals surface area contributed by atoms with Crippen molar-refractivity contribution in [3.05, 3.63) is 65.4 Å². The molecule has 0 unspecified atom stereocenters. The lowest BCUT2D eigenvalue weighted by atomic mass is 9.96. The third kappa shape index (κ3) is 2.77. The molecule has 1 heterocycles. The van der Waals surface area contributed by atoms with Crippen LogP contribution in [0.3, 0.4) is 0 Å². The van der Waals surface area contributed by atoms with Gasteiger partial charge >= 0.3 is 5.97 Å². The molecular formula is C19H15N3O2. The molecule has 0 saturated heterocycles. The van der Waals surface area contributed by atoms with E-state index in [1.807, 2.05) is 43.3 Å². The Morgan fingerprint density at radius 2 is 1.79 bits per heavy atom. The Labute approximate surface area is 139 Å². The number of benzene rings is 2. The molecule has 118 valence electrons. The molecule has 0 aliphatic rings. The molecule has 1 aromatic heterocycles.